The van der Waals surface area contributed by atoms with Crippen LogP contribution in [0.4, 0.5) is 0 Å². The van der Waals surface area contributed by atoms with Crippen LogP contribution in [0.15, 0.2) is 78.9 Å². The molecule has 0 unspecified atom stereocenters. The molecule has 154 valence electrons. The molecule has 0 spiro atoms. The zero-order valence-corrected chi connectivity index (χ0v) is 17.4. The van der Waals surface area contributed by atoms with E-state index in [4.69, 9.17) is 4.74 Å². The first-order chi connectivity index (χ1) is 14.4. The van der Waals surface area contributed by atoms with Gasteiger partial charge in [-0.3, -0.25) is 20.4 Å². The van der Waals surface area contributed by atoms with Crippen LogP contribution in [-0.2, 0) is 4.79 Å². The number of hydrogen-bond donors (Lipinski definition) is 2. The Bertz CT molecular complexity index is 981. The molecule has 0 aromatic heterocycles. The van der Waals surface area contributed by atoms with Crippen LogP contribution < -0.4 is 15.6 Å². The minimum Gasteiger partial charge on any atom is -0.481 e. The average Bonchev–Trinajstić information content (AvgIpc) is 2.78. The number of amides is 2. The fourth-order valence-corrected chi connectivity index (χ4v) is 2.93. The molecule has 0 fully saturated rings. The Morgan fingerprint density at radius 1 is 0.733 bits per heavy atom. The van der Waals surface area contributed by atoms with Crippen LogP contribution >= 0.6 is 0 Å². The summed E-state index contributed by atoms with van der Waals surface area (Å²) in [5, 5.41) is 0. The van der Waals surface area contributed by atoms with Gasteiger partial charge in [-0.25, -0.2) is 0 Å². The predicted octanol–water partition coefficient (Wildman–Crippen LogP) is 4.71. The lowest BCUT2D eigenvalue weighted by Crippen LogP contribution is -2.47. The second kappa shape index (κ2) is 9.74. The van der Waals surface area contributed by atoms with Crippen molar-refractivity contribution in [2.45, 2.75) is 32.8 Å². The van der Waals surface area contributed by atoms with Gasteiger partial charge in [-0.2, -0.15) is 0 Å². The molecule has 0 saturated heterocycles. The molecule has 0 aliphatic rings. The van der Waals surface area contributed by atoms with Gasteiger partial charge >= 0.3 is 0 Å². The Hall–Kier alpha value is -3.60. The van der Waals surface area contributed by atoms with Crippen LogP contribution in [0.3, 0.4) is 0 Å². The number of benzene rings is 3. The Labute approximate surface area is 177 Å². The summed E-state index contributed by atoms with van der Waals surface area (Å²) in [5.74, 6) is 0.204. The van der Waals surface area contributed by atoms with E-state index in [1.807, 2.05) is 66.7 Å². The van der Waals surface area contributed by atoms with E-state index in [1.54, 1.807) is 19.1 Å². The van der Waals surface area contributed by atoms with E-state index >= 15 is 0 Å². The highest BCUT2D eigenvalue weighted by Gasteiger charge is 2.16. The molecular formula is C25H26N2O3. The Kier molecular flexibility index (Phi) is 6.86. The summed E-state index contributed by atoms with van der Waals surface area (Å²) < 4.78 is 5.65. The van der Waals surface area contributed by atoms with E-state index in [-0.39, 0.29) is 0 Å². The summed E-state index contributed by atoms with van der Waals surface area (Å²) in [6.07, 6.45) is -0.754. The lowest BCUT2D eigenvalue weighted by Gasteiger charge is -2.16. The number of carbonyl (C=O) groups is 2. The van der Waals surface area contributed by atoms with Gasteiger partial charge in [0.1, 0.15) is 5.75 Å². The second-order valence-electron chi connectivity index (χ2n) is 7.37. The summed E-state index contributed by atoms with van der Waals surface area (Å²) in [5.41, 5.74) is 8.58. The molecule has 0 heterocycles. The highest BCUT2D eigenvalue weighted by atomic mass is 16.5. The van der Waals surface area contributed by atoms with Crippen LogP contribution in [-0.4, -0.2) is 17.9 Å². The van der Waals surface area contributed by atoms with Crippen LogP contribution in [0.1, 0.15) is 42.6 Å². The van der Waals surface area contributed by atoms with Crippen molar-refractivity contribution in [2.24, 2.45) is 0 Å². The minimum absolute atomic E-state index is 0.392. The molecule has 2 N–H and O–H groups in total. The van der Waals surface area contributed by atoms with Crippen LogP contribution in [0.2, 0.25) is 0 Å². The molecule has 5 heteroatoms. The van der Waals surface area contributed by atoms with Gasteiger partial charge in [-0.15, -0.1) is 0 Å². The first-order valence-corrected chi connectivity index (χ1v) is 9.96. The maximum absolute atomic E-state index is 12.3. The highest BCUT2D eigenvalue weighted by Crippen LogP contribution is 2.20. The van der Waals surface area contributed by atoms with Crippen molar-refractivity contribution in [2.75, 3.05) is 0 Å². The molecule has 3 aromatic rings. The number of ether oxygens (including phenoxy) is 1. The Morgan fingerprint density at radius 2 is 1.33 bits per heavy atom. The molecule has 3 aromatic carbocycles. The van der Waals surface area contributed by atoms with Crippen molar-refractivity contribution >= 4 is 11.8 Å². The van der Waals surface area contributed by atoms with Crippen LogP contribution in [0.5, 0.6) is 5.75 Å². The monoisotopic (exact) mass is 402 g/mol. The van der Waals surface area contributed by atoms with Gasteiger partial charge in [0, 0.05) is 5.56 Å². The number of hydrazine groups is 1. The van der Waals surface area contributed by atoms with Crippen molar-refractivity contribution in [3.63, 3.8) is 0 Å². The van der Waals surface area contributed by atoms with E-state index in [0.717, 1.165) is 11.1 Å². The topological polar surface area (TPSA) is 67.4 Å². The van der Waals surface area contributed by atoms with Gasteiger partial charge in [0.15, 0.2) is 6.10 Å². The van der Waals surface area contributed by atoms with E-state index in [0.29, 0.717) is 17.2 Å². The minimum atomic E-state index is -0.754. The first kappa shape index (κ1) is 21.1. The van der Waals surface area contributed by atoms with Crippen LogP contribution in [0, 0.1) is 0 Å². The van der Waals surface area contributed by atoms with Crippen molar-refractivity contribution in [1.29, 1.82) is 0 Å². The lowest BCUT2D eigenvalue weighted by atomic mass is 10.0. The quantitative estimate of drug-likeness (QED) is 0.587. The van der Waals surface area contributed by atoms with Crippen molar-refractivity contribution in [3.05, 3.63) is 90.0 Å². The third-order valence-electron chi connectivity index (χ3n) is 4.78. The molecule has 30 heavy (non-hydrogen) atoms. The van der Waals surface area contributed by atoms with Crippen molar-refractivity contribution in [3.8, 4) is 16.9 Å². The molecule has 0 aliphatic carbocycles. The maximum Gasteiger partial charge on any atom is 0.279 e. The zero-order valence-electron chi connectivity index (χ0n) is 17.4. The van der Waals surface area contributed by atoms with Gasteiger partial charge in [0.05, 0.1) is 0 Å². The molecular weight excluding hydrogens is 376 g/mol. The average molecular weight is 402 g/mol. The predicted molar refractivity (Wildman–Crippen MR) is 118 cm³/mol. The second-order valence-corrected chi connectivity index (χ2v) is 7.37. The first-order valence-electron chi connectivity index (χ1n) is 9.96. The SMILES string of the molecule is CC(C)c1ccc(O[C@@H](C)C(=O)NNC(=O)c2ccc(-c3ccccc3)cc2)cc1. The van der Waals surface area contributed by atoms with Crippen LogP contribution in [0.25, 0.3) is 11.1 Å². The lowest BCUT2D eigenvalue weighted by molar-refractivity contribution is -0.128. The van der Waals surface area contributed by atoms with E-state index in [1.165, 1.54) is 5.56 Å². The summed E-state index contributed by atoms with van der Waals surface area (Å²) in [4.78, 5) is 24.6. The zero-order chi connectivity index (χ0) is 21.5. The third-order valence-corrected chi connectivity index (χ3v) is 4.78. The summed E-state index contributed by atoms with van der Waals surface area (Å²) in [7, 11) is 0. The normalized spacial score (nSPS) is 11.6. The molecule has 1 atom stereocenters. The number of nitrogens with one attached hydrogen (secondary N) is 2. The van der Waals surface area contributed by atoms with Crippen molar-refractivity contribution < 1.29 is 14.3 Å². The molecule has 0 aliphatic heterocycles. The van der Waals surface area contributed by atoms with Gasteiger partial charge < -0.3 is 4.74 Å². The molecule has 0 radical (unpaired) electrons. The van der Waals surface area contributed by atoms with E-state index in [9.17, 15) is 9.59 Å². The fraction of sp³-hybridized carbons (Fsp3) is 0.200. The van der Waals surface area contributed by atoms with Gasteiger partial charge in [0.25, 0.3) is 11.8 Å². The molecule has 2 amide bonds. The Balaban J connectivity index is 1.51. The summed E-state index contributed by atoms with van der Waals surface area (Å²) in [6.45, 7) is 5.86. The van der Waals surface area contributed by atoms with Gasteiger partial charge in [0.2, 0.25) is 0 Å². The van der Waals surface area contributed by atoms with Gasteiger partial charge in [-0.1, -0.05) is 68.4 Å². The Morgan fingerprint density at radius 3 is 1.93 bits per heavy atom. The fourth-order valence-electron chi connectivity index (χ4n) is 2.93. The largest absolute Gasteiger partial charge is 0.481 e. The third kappa shape index (κ3) is 5.47. The maximum atomic E-state index is 12.3. The van der Waals surface area contributed by atoms with Crippen molar-refractivity contribution in [1.82, 2.24) is 10.9 Å². The standard InChI is InChI=1S/C25H26N2O3/c1-17(2)19-13-15-23(16-14-19)30-18(3)24(28)26-27-25(29)22-11-9-21(10-12-22)20-7-5-4-6-8-20/h4-18H,1-3H3,(H,26,28)(H,27,29)/t18-/m0/s1. The number of hydrogen-bond acceptors (Lipinski definition) is 3. The van der Waals surface area contributed by atoms with Gasteiger partial charge in [-0.05, 0) is 53.8 Å². The number of rotatable bonds is 6. The molecule has 5 nitrogen and oxygen atoms in total. The molecule has 0 bridgehead atoms. The molecule has 0 saturated carbocycles. The van der Waals surface area contributed by atoms with E-state index < -0.39 is 17.9 Å². The smallest absolute Gasteiger partial charge is 0.279 e. The highest BCUT2D eigenvalue weighted by molar-refractivity contribution is 5.96. The summed E-state index contributed by atoms with van der Waals surface area (Å²) in [6, 6.07) is 24.7. The summed E-state index contributed by atoms with van der Waals surface area (Å²) >= 11 is 0. The van der Waals surface area contributed by atoms with E-state index in [2.05, 4.69) is 24.7 Å². The molecule has 3 rings (SSSR count). The number of carbonyl (C=O) groups excluding carboxylic acids is 2.